The molecule has 3 N–H and O–H groups in total. The summed E-state index contributed by atoms with van der Waals surface area (Å²) >= 11 is 0. The molecule has 0 bridgehead atoms. The number of rotatable bonds is 8. The van der Waals surface area contributed by atoms with Gasteiger partial charge in [0.2, 0.25) is 21.3 Å². The molecule has 2 aromatic carbocycles. The van der Waals surface area contributed by atoms with Crippen molar-refractivity contribution >= 4 is 38.6 Å². The highest BCUT2D eigenvalue weighted by Crippen LogP contribution is 2.37. The number of phenolic OH excluding ortho intramolecular Hbond substituents is 1. The van der Waals surface area contributed by atoms with Gasteiger partial charge in [-0.15, -0.1) is 0 Å². The van der Waals surface area contributed by atoms with Crippen molar-refractivity contribution in [1.82, 2.24) is 24.6 Å². The molecule has 1 fully saturated rings. The molecule has 0 unspecified atom stereocenters. The van der Waals surface area contributed by atoms with Crippen molar-refractivity contribution in [1.29, 1.82) is 0 Å². The number of nitrogens with one attached hydrogen (secondary N) is 2. The van der Waals surface area contributed by atoms with Gasteiger partial charge in [-0.05, 0) is 47.3 Å². The molecule has 3 heterocycles. The number of benzene rings is 2. The first-order chi connectivity index (χ1) is 17.0. The first-order valence-corrected chi connectivity index (χ1v) is 12.8. The van der Waals surface area contributed by atoms with Crippen LogP contribution < -0.4 is 10.6 Å². The van der Waals surface area contributed by atoms with Crippen molar-refractivity contribution in [2.75, 3.05) is 23.7 Å². The van der Waals surface area contributed by atoms with Crippen LogP contribution in [0.2, 0.25) is 0 Å². The van der Waals surface area contributed by atoms with Gasteiger partial charge in [-0.2, -0.15) is 4.31 Å². The fourth-order valence-corrected chi connectivity index (χ4v) is 5.75. The molecule has 0 amide bonds. The summed E-state index contributed by atoms with van der Waals surface area (Å²) in [4.78, 5) is 8.78. The molecule has 0 saturated carbocycles. The van der Waals surface area contributed by atoms with Crippen LogP contribution in [0.5, 0.6) is 5.75 Å². The molecule has 1 aliphatic rings. The summed E-state index contributed by atoms with van der Waals surface area (Å²) in [5.41, 5.74) is 1.62. The lowest BCUT2D eigenvalue weighted by atomic mass is 10.0. The molecule has 35 heavy (non-hydrogen) atoms. The summed E-state index contributed by atoms with van der Waals surface area (Å²) in [5.74, 6) is 0.213. The molecule has 2 aromatic heterocycles. The van der Waals surface area contributed by atoms with Gasteiger partial charge < -0.3 is 15.7 Å². The zero-order valence-corrected chi connectivity index (χ0v) is 19.9. The highest BCUT2D eigenvalue weighted by atomic mass is 32.2. The summed E-state index contributed by atoms with van der Waals surface area (Å²) in [5, 5.41) is 24.9. The fourth-order valence-electron chi connectivity index (χ4n) is 4.12. The van der Waals surface area contributed by atoms with E-state index in [1.54, 1.807) is 12.1 Å². The lowest BCUT2D eigenvalue weighted by Gasteiger charge is -2.21. The van der Waals surface area contributed by atoms with E-state index in [2.05, 4.69) is 30.9 Å². The Morgan fingerprint density at radius 1 is 1.00 bits per heavy atom. The van der Waals surface area contributed by atoms with Crippen LogP contribution in [-0.2, 0) is 10.0 Å². The van der Waals surface area contributed by atoms with Crippen LogP contribution in [0.4, 0.5) is 17.3 Å². The lowest BCUT2D eigenvalue weighted by molar-refractivity contribution is 0.314. The Kier molecular flexibility index (Phi) is 6.22. The van der Waals surface area contributed by atoms with Gasteiger partial charge in [0.15, 0.2) is 17.4 Å². The van der Waals surface area contributed by atoms with E-state index >= 15 is 0 Å². The number of fused-ring (bicyclic) bond motifs is 1. The first kappa shape index (κ1) is 23.0. The zero-order chi connectivity index (χ0) is 24.4. The number of para-hydroxylation sites is 1. The van der Waals surface area contributed by atoms with Crippen molar-refractivity contribution in [3.8, 4) is 5.75 Å². The van der Waals surface area contributed by atoms with Crippen molar-refractivity contribution in [3.05, 3.63) is 54.1 Å². The van der Waals surface area contributed by atoms with Crippen LogP contribution >= 0.6 is 0 Å². The van der Waals surface area contributed by atoms with Crippen molar-refractivity contribution in [2.45, 2.75) is 37.1 Å². The van der Waals surface area contributed by atoms with E-state index in [4.69, 9.17) is 4.63 Å². The Bertz CT molecular complexity index is 1440. The maximum Gasteiger partial charge on any atom is 0.246 e. The lowest BCUT2D eigenvalue weighted by Crippen LogP contribution is -2.28. The van der Waals surface area contributed by atoms with Gasteiger partial charge >= 0.3 is 0 Å². The Balaban J connectivity index is 1.52. The van der Waals surface area contributed by atoms with Crippen LogP contribution in [0.15, 0.2) is 58.1 Å². The Labute approximate surface area is 202 Å². The van der Waals surface area contributed by atoms with E-state index < -0.39 is 10.0 Å². The van der Waals surface area contributed by atoms with Gasteiger partial charge in [-0.25, -0.2) is 23.0 Å². The Morgan fingerprint density at radius 3 is 2.37 bits per heavy atom. The normalized spacial score (nSPS) is 15.3. The quantitative estimate of drug-likeness (QED) is 0.308. The van der Waals surface area contributed by atoms with Crippen LogP contribution in [0, 0.1) is 0 Å². The summed E-state index contributed by atoms with van der Waals surface area (Å²) in [6.45, 7) is 2.92. The Morgan fingerprint density at radius 2 is 1.69 bits per heavy atom. The van der Waals surface area contributed by atoms with Crippen molar-refractivity contribution < 1.29 is 18.2 Å². The second kappa shape index (κ2) is 9.47. The van der Waals surface area contributed by atoms with E-state index in [1.165, 1.54) is 10.4 Å². The number of phenols is 1. The summed E-state index contributed by atoms with van der Waals surface area (Å²) < 4.78 is 32.3. The maximum absolute atomic E-state index is 13.1. The van der Waals surface area contributed by atoms with Crippen LogP contribution in [0.25, 0.3) is 11.3 Å². The topological polar surface area (TPSA) is 146 Å². The van der Waals surface area contributed by atoms with Crippen molar-refractivity contribution in [2.24, 2.45) is 0 Å². The molecule has 12 heteroatoms. The molecule has 182 valence electrons. The average Bonchev–Trinajstić information content (AvgIpc) is 3.57. The molecule has 0 radical (unpaired) electrons. The van der Waals surface area contributed by atoms with Gasteiger partial charge in [0.25, 0.3) is 0 Å². The number of sulfonamides is 1. The largest absolute Gasteiger partial charge is 0.504 e. The second-order valence-corrected chi connectivity index (χ2v) is 10.1. The molecule has 1 aliphatic heterocycles. The molecule has 1 atom stereocenters. The monoisotopic (exact) mass is 495 g/mol. The number of nitrogens with zero attached hydrogens (tertiary/aromatic N) is 5. The predicted molar refractivity (Wildman–Crippen MR) is 130 cm³/mol. The van der Waals surface area contributed by atoms with Gasteiger partial charge in [0.05, 0.1) is 11.7 Å². The third-order valence-electron chi connectivity index (χ3n) is 5.97. The van der Waals surface area contributed by atoms with E-state index in [9.17, 15) is 13.5 Å². The molecule has 0 aliphatic carbocycles. The summed E-state index contributed by atoms with van der Waals surface area (Å²) in [6.07, 6.45) is 2.36. The van der Waals surface area contributed by atoms with Gasteiger partial charge in [-0.1, -0.05) is 43.3 Å². The number of anilines is 3. The zero-order valence-electron chi connectivity index (χ0n) is 19.0. The molecular weight excluding hydrogens is 470 g/mol. The standard InChI is InChI=1S/C23H25N7O4S/c1-2-16(15-9-4-3-5-10-15)24-20-21(27-23-22(26-20)28-34-29-23)25-17-11-8-12-18(19(17)31)35(32,33)30-13-6-7-14-30/h3-5,8-12,16,31H,2,6-7,13-14H2,1H3,(H,24,26,28)(H,25,27,29)/t16-/m1/s1. The van der Waals surface area contributed by atoms with E-state index in [0.29, 0.717) is 18.9 Å². The molecule has 5 rings (SSSR count). The van der Waals surface area contributed by atoms with E-state index in [1.807, 2.05) is 37.3 Å². The molecule has 1 saturated heterocycles. The molecule has 0 spiro atoms. The highest BCUT2D eigenvalue weighted by Gasteiger charge is 2.30. The number of hydrogen-bond acceptors (Lipinski definition) is 10. The third-order valence-corrected chi connectivity index (χ3v) is 7.90. The molecule has 11 nitrogen and oxygen atoms in total. The number of aromatic nitrogens is 4. The molecule has 4 aromatic rings. The van der Waals surface area contributed by atoms with E-state index in [-0.39, 0.29) is 39.5 Å². The first-order valence-electron chi connectivity index (χ1n) is 11.4. The maximum atomic E-state index is 13.1. The van der Waals surface area contributed by atoms with E-state index in [0.717, 1.165) is 24.8 Å². The summed E-state index contributed by atoms with van der Waals surface area (Å²) in [7, 11) is -3.82. The molecular formula is C23H25N7O4S. The van der Waals surface area contributed by atoms with Gasteiger partial charge in [0.1, 0.15) is 4.90 Å². The van der Waals surface area contributed by atoms with Crippen LogP contribution in [-0.4, -0.2) is 51.2 Å². The minimum atomic E-state index is -3.82. The van der Waals surface area contributed by atoms with Gasteiger partial charge in [-0.3, -0.25) is 0 Å². The average molecular weight is 496 g/mol. The van der Waals surface area contributed by atoms with Gasteiger partial charge in [0, 0.05) is 13.1 Å². The smallest absolute Gasteiger partial charge is 0.246 e. The second-order valence-electron chi connectivity index (χ2n) is 8.24. The Hall–Kier alpha value is -3.77. The predicted octanol–water partition coefficient (Wildman–Crippen LogP) is 3.81. The minimum absolute atomic E-state index is 0.0844. The third kappa shape index (κ3) is 4.49. The van der Waals surface area contributed by atoms with Crippen LogP contribution in [0.1, 0.15) is 37.8 Å². The number of hydrogen-bond donors (Lipinski definition) is 3. The minimum Gasteiger partial charge on any atom is -0.504 e. The fraction of sp³-hybridized carbons (Fsp3) is 0.304. The summed E-state index contributed by atoms with van der Waals surface area (Å²) in [6, 6.07) is 14.3. The van der Waals surface area contributed by atoms with Crippen LogP contribution in [0.3, 0.4) is 0 Å². The highest BCUT2D eigenvalue weighted by molar-refractivity contribution is 7.89. The van der Waals surface area contributed by atoms with Crippen molar-refractivity contribution in [3.63, 3.8) is 0 Å². The SMILES string of the molecule is CC[C@@H](Nc1nc2nonc2nc1Nc1cccc(S(=O)(=O)N2CCCC2)c1O)c1ccccc1. The number of aromatic hydroxyl groups is 1.